The Morgan fingerprint density at radius 1 is 1.43 bits per heavy atom. The minimum Gasteiger partial charge on any atom is -0.177 e. The predicted molar refractivity (Wildman–Crippen MR) is 56.3 cm³/mol. The van der Waals surface area contributed by atoms with Crippen molar-refractivity contribution < 1.29 is 0 Å². The van der Waals surface area contributed by atoms with Gasteiger partial charge in [0.15, 0.2) is 0 Å². The van der Waals surface area contributed by atoms with Crippen LogP contribution in [0.2, 0.25) is 0 Å². The fraction of sp³-hybridized carbons (Fsp3) is 0.100. The van der Waals surface area contributed by atoms with E-state index in [0.717, 1.165) is 11.1 Å². The van der Waals surface area contributed by atoms with E-state index in [-0.39, 0.29) is 0 Å². The van der Waals surface area contributed by atoms with E-state index >= 15 is 0 Å². The number of allylic oxidation sites excluding steroid dienone is 6. The summed E-state index contributed by atoms with van der Waals surface area (Å²) in [7, 11) is 0. The monoisotopic (exact) mass is 188 g/mol. The molecule has 0 aromatic carbocycles. The van der Waals surface area contributed by atoms with Crippen LogP contribution in [-0.2, 0) is 0 Å². The van der Waals surface area contributed by atoms with Crippen LogP contribution < -0.4 is 0 Å². The average Bonchev–Trinajstić information content (AvgIpc) is 2.71. The molecule has 1 aromatic rings. The van der Waals surface area contributed by atoms with E-state index < -0.39 is 0 Å². The molecule has 1 N–H and O–H groups in total. The van der Waals surface area contributed by atoms with Gasteiger partial charge in [0.1, 0.15) is 0 Å². The molecule has 0 saturated heterocycles. The molecule has 4 nitrogen and oxygen atoms in total. The van der Waals surface area contributed by atoms with Crippen LogP contribution >= 0.6 is 0 Å². The molecule has 72 valence electrons. The minimum atomic E-state index is 0.556. The highest BCUT2D eigenvalue weighted by molar-refractivity contribution is 5.73. The number of nitrogens with zero attached hydrogens (tertiary/aromatic N) is 3. The third-order valence-electron chi connectivity index (χ3n) is 1.72. The van der Waals surface area contributed by atoms with Gasteiger partial charge in [-0.2, -0.15) is 5.21 Å². The minimum absolute atomic E-state index is 0.556. The highest BCUT2D eigenvalue weighted by Gasteiger charge is 2.04. The Kier molecular flexibility index (Phi) is 3.55. The van der Waals surface area contributed by atoms with Gasteiger partial charge in [0.05, 0.1) is 0 Å². The third-order valence-corrected chi connectivity index (χ3v) is 1.72. The van der Waals surface area contributed by atoms with Crippen LogP contribution in [-0.4, -0.2) is 20.6 Å². The van der Waals surface area contributed by atoms with Crippen LogP contribution in [0.1, 0.15) is 12.7 Å². The second-order valence-electron chi connectivity index (χ2n) is 2.63. The summed E-state index contributed by atoms with van der Waals surface area (Å²) in [4.78, 5) is 0. The van der Waals surface area contributed by atoms with E-state index in [1.165, 1.54) is 0 Å². The molecule has 0 aliphatic carbocycles. The first-order valence-electron chi connectivity index (χ1n) is 4.15. The summed E-state index contributed by atoms with van der Waals surface area (Å²) in [5, 5.41) is 13.7. The largest absolute Gasteiger partial charge is 0.204 e. The van der Waals surface area contributed by atoms with Gasteiger partial charge >= 0.3 is 0 Å². The number of tetrazole rings is 1. The summed E-state index contributed by atoms with van der Waals surface area (Å²) < 4.78 is 0. The highest BCUT2D eigenvalue weighted by atomic mass is 15.5. The molecule has 0 saturated carbocycles. The van der Waals surface area contributed by atoms with E-state index in [0.29, 0.717) is 5.82 Å². The molecule has 0 amide bonds. The zero-order valence-corrected chi connectivity index (χ0v) is 8.07. The number of nitrogens with one attached hydrogen (secondary N) is 1. The van der Waals surface area contributed by atoms with Gasteiger partial charge < -0.3 is 0 Å². The fourth-order valence-electron chi connectivity index (χ4n) is 0.932. The van der Waals surface area contributed by atoms with Gasteiger partial charge in [-0.1, -0.05) is 37.5 Å². The second kappa shape index (κ2) is 4.91. The van der Waals surface area contributed by atoms with Crippen molar-refractivity contribution in [2.45, 2.75) is 6.92 Å². The summed E-state index contributed by atoms with van der Waals surface area (Å²) in [5.74, 6) is 0.556. The van der Waals surface area contributed by atoms with Crippen LogP contribution in [0, 0.1) is 0 Å². The maximum absolute atomic E-state index is 3.90. The van der Waals surface area contributed by atoms with Crippen LogP contribution in [0.5, 0.6) is 0 Å². The van der Waals surface area contributed by atoms with Gasteiger partial charge in [-0.25, -0.2) is 0 Å². The van der Waals surface area contributed by atoms with Crippen molar-refractivity contribution >= 4 is 5.57 Å². The van der Waals surface area contributed by atoms with Crippen molar-refractivity contribution in [3.8, 4) is 0 Å². The quantitative estimate of drug-likeness (QED) is 0.734. The van der Waals surface area contributed by atoms with Gasteiger partial charge in [0, 0.05) is 5.57 Å². The van der Waals surface area contributed by atoms with Gasteiger partial charge in [-0.15, -0.1) is 10.2 Å². The molecular formula is C10H12N4. The topological polar surface area (TPSA) is 54.5 Å². The fourth-order valence-corrected chi connectivity index (χ4v) is 0.932. The van der Waals surface area contributed by atoms with Gasteiger partial charge in [0.2, 0.25) is 5.82 Å². The van der Waals surface area contributed by atoms with Crippen molar-refractivity contribution in [2.24, 2.45) is 0 Å². The zero-order chi connectivity index (χ0) is 10.4. The average molecular weight is 188 g/mol. The molecule has 1 aromatic heterocycles. The maximum Gasteiger partial charge on any atom is 0.204 e. The first-order chi connectivity index (χ1) is 6.79. The summed E-state index contributed by atoms with van der Waals surface area (Å²) in [6.07, 6.45) is 7.13. The normalized spacial score (nSPS) is 12.6. The molecular weight excluding hydrogens is 176 g/mol. The Morgan fingerprint density at radius 3 is 2.71 bits per heavy atom. The lowest BCUT2D eigenvalue weighted by atomic mass is 10.1. The van der Waals surface area contributed by atoms with Crippen molar-refractivity contribution in [1.29, 1.82) is 0 Å². The number of aromatic amines is 1. The summed E-state index contributed by atoms with van der Waals surface area (Å²) in [6.45, 7) is 9.23. The molecule has 0 unspecified atom stereocenters. The molecule has 0 radical (unpaired) electrons. The number of H-pyrrole nitrogens is 1. The van der Waals surface area contributed by atoms with Crippen molar-refractivity contribution in [3.63, 3.8) is 0 Å². The van der Waals surface area contributed by atoms with Gasteiger partial charge in [0.25, 0.3) is 0 Å². The second-order valence-corrected chi connectivity index (χ2v) is 2.63. The lowest BCUT2D eigenvalue weighted by molar-refractivity contribution is 0.881. The zero-order valence-electron chi connectivity index (χ0n) is 8.07. The number of hydrogen-bond acceptors (Lipinski definition) is 3. The number of hydrogen-bond donors (Lipinski definition) is 1. The lowest BCUT2D eigenvalue weighted by Crippen LogP contribution is -1.88. The summed E-state index contributed by atoms with van der Waals surface area (Å²) in [6, 6.07) is 0. The van der Waals surface area contributed by atoms with Crippen LogP contribution in [0.15, 0.2) is 43.0 Å². The van der Waals surface area contributed by atoms with Crippen LogP contribution in [0.25, 0.3) is 5.57 Å². The Hall–Kier alpha value is -1.97. The van der Waals surface area contributed by atoms with Crippen LogP contribution in [0.4, 0.5) is 0 Å². The smallest absolute Gasteiger partial charge is 0.177 e. The Morgan fingerprint density at radius 2 is 2.21 bits per heavy atom. The molecule has 0 fully saturated rings. The molecule has 0 spiro atoms. The van der Waals surface area contributed by atoms with Gasteiger partial charge in [-0.3, -0.25) is 0 Å². The van der Waals surface area contributed by atoms with Crippen LogP contribution in [0.3, 0.4) is 0 Å². The highest BCUT2D eigenvalue weighted by Crippen LogP contribution is 2.15. The van der Waals surface area contributed by atoms with Crippen molar-refractivity contribution in [3.05, 3.63) is 48.9 Å². The number of rotatable bonds is 4. The van der Waals surface area contributed by atoms with E-state index in [1.807, 2.05) is 19.1 Å². The van der Waals surface area contributed by atoms with Gasteiger partial charge in [-0.05, 0) is 17.7 Å². The van der Waals surface area contributed by atoms with E-state index in [2.05, 4.69) is 33.8 Å². The standard InChI is InChI=1S/C10H12N4/c1-4-6-7-9(8(3)5-2)10-11-13-14-12-10/h4-7H,1-2H2,3H3,(H,11,12,13,14)/b7-6-,9-8+. The first kappa shape index (κ1) is 10.1. The van der Waals surface area contributed by atoms with E-state index in [1.54, 1.807) is 12.2 Å². The van der Waals surface area contributed by atoms with E-state index in [4.69, 9.17) is 0 Å². The third kappa shape index (κ3) is 2.26. The first-order valence-corrected chi connectivity index (χ1v) is 4.15. The molecule has 4 heteroatoms. The molecule has 0 atom stereocenters. The Labute approximate surface area is 82.7 Å². The van der Waals surface area contributed by atoms with E-state index in [9.17, 15) is 0 Å². The molecule has 0 aliphatic heterocycles. The molecule has 1 rings (SSSR count). The summed E-state index contributed by atoms with van der Waals surface area (Å²) in [5.41, 5.74) is 1.87. The molecule has 0 aliphatic rings. The SMILES string of the molecule is C=C/C=C\C(=C(\C)C=C)c1nn[nH]n1. The Balaban J connectivity index is 3.12. The lowest BCUT2D eigenvalue weighted by Gasteiger charge is -1.98. The molecule has 14 heavy (non-hydrogen) atoms. The maximum atomic E-state index is 3.90. The summed E-state index contributed by atoms with van der Waals surface area (Å²) >= 11 is 0. The Bertz CT molecular complexity index is 371. The van der Waals surface area contributed by atoms with Crippen molar-refractivity contribution in [2.75, 3.05) is 0 Å². The van der Waals surface area contributed by atoms with Crippen molar-refractivity contribution in [1.82, 2.24) is 20.6 Å². The molecule has 1 heterocycles. The molecule has 0 bridgehead atoms. The predicted octanol–water partition coefficient (Wildman–Crippen LogP) is 1.90. The number of aromatic nitrogens is 4.